The van der Waals surface area contributed by atoms with Crippen LogP contribution < -0.4 is 14.4 Å². The summed E-state index contributed by atoms with van der Waals surface area (Å²) in [5.41, 5.74) is 1.27. The lowest BCUT2D eigenvalue weighted by Gasteiger charge is -2.24. The highest BCUT2D eigenvalue weighted by molar-refractivity contribution is 7.92. The van der Waals surface area contributed by atoms with Gasteiger partial charge in [0.2, 0.25) is 5.91 Å². The third kappa shape index (κ3) is 6.24. The van der Waals surface area contributed by atoms with E-state index in [1.807, 2.05) is 38.1 Å². The standard InChI is InChI=1S/C24H25ClN2O4S/c1-18(2)31-22-12-8-19(9-13-22)16-26-24(28)17-27(21-6-4-3-5-7-21)32(29,30)23-14-10-20(25)11-15-23/h3-15,18H,16-17H2,1-2H3,(H,26,28). The van der Waals surface area contributed by atoms with E-state index in [4.69, 9.17) is 16.3 Å². The molecule has 32 heavy (non-hydrogen) atoms. The quantitative estimate of drug-likeness (QED) is 0.492. The summed E-state index contributed by atoms with van der Waals surface area (Å²) >= 11 is 5.90. The monoisotopic (exact) mass is 472 g/mol. The van der Waals surface area contributed by atoms with Gasteiger partial charge in [-0.3, -0.25) is 9.10 Å². The Hall–Kier alpha value is -3.03. The lowest BCUT2D eigenvalue weighted by molar-refractivity contribution is -0.119. The Kier molecular flexibility index (Phi) is 7.77. The van der Waals surface area contributed by atoms with Gasteiger partial charge in [-0.05, 0) is 67.9 Å². The van der Waals surface area contributed by atoms with Gasteiger partial charge >= 0.3 is 0 Å². The minimum atomic E-state index is -3.97. The van der Waals surface area contributed by atoms with Crippen molar-refractivity contribution in [3.8, 4) is 5.75 Å². The van der Waals surface area contributed by atoms with Gasteiger partial charge in [-0.15, -0.1) is 0 Å². The Morgan fingerprint density at radius 3 is 2.19 bits per heavy atom. The smallest absolute Gasteiger partial charge is 0.264 e. The molecule has 3 aromatic rings. The lowest BCUT2D eigenvalue weighted by Crippen LogP contribution is -2.40. The molecule has 0 aromatic heterocycles. The number of para-hydroxylation sites is 1. The maximum Gasteiger partial charge on any atom is 0.264 e. The van der Waals surface area contributed by atoms with Crippen molar-refractivity contribution in [2.75, 3.05) is 10.8 Å². The molecule has 0 bridgehead atoms. The first kappa shape index (κ1) is 23.6. The molecule has 0 saturated heterocycles. The molecule has 0 saturated carbocycles. The molecule has 0 heterocycles. The minimum absolute atomic E-state index is 0.0549. The molecule has 0 fully saturated rings. The van der Waals surface area contributed by atoms with Crippen molar-refractivity contribution in [3.05, 3.63) is 89.4 Å². The van der Waals surface area contributed by atoms with Gasteiger partial charge in [-0.2, -0.15) is 0 Å². The van der Waals surface area contributed by atoms with Gasteiger partial charge in [0.25, 0.3) is 10.0 Å². The molecule has 6 nitrogen and oxygen atoms in total. The van der Waals surface area contributed by atoms with Crippen molar-refractivity contribution < 1.29 is 17.9 Å². The number of ether oxygens (including phenoxy) is 1. The van der Waals surface area contributed by atoms with Gasteiger partial charge in [0.1, 0.15) is 12.3 Å². The van der Waals surface area contributed by atoms with Crippen LogP contribution in [0.25, 0.3) is 0 Å². The van der Waals surface area contributed by atoms with Crippen LogP contribution in [-0.2, 0) is 21.4 Å². The van der Waals surface area contributed by atoms with Crippen molar-refractivity contribution in [3.63, 3.8) is 0 Å². The van der Waals surface area contributed by atoms with E-state index in [0.29, 0.717) is 10.7 Å². The fraction of sp³-hybridized carbons (Fsp3) is 0.208. The van der Waals surface area contributed by atoms with Gasteiger partial charge in [0.05, 0.1) is 16.7 Å². The third-order valence-electron chi connectivity index (χ3n) is 4.52. The van der Waals surface area contributed by atoms with E-state index >= 15 is 0 Å². The maximum atomic E-state index is 13.3. The van der Waals surface area contributed by atoms with Crippen molar-refractivity contribution >= 4 is 33.2 Å². The van der Waals surface area contributed by atoms with Crippen LogP contribution >= 0.6 is 11.6 Å². The van der Waals surface area contributed by atoms with Crippen LogP contribution in [0.2, 0.25) is 5.02 Å². The van der Waals surface area contributed by atoms with E-state index in [1.165, 1.54) is 24.3 Å². The molecule has 0 spiro atoms. The molecule has 168 valence electrons. The molecule has 0 aliphatic rings. The molecule has 3 aromatic carbocycles. The Morgan fingerprint density at radius 2 is 1.59 bits per heavy atom. The summed E-state index contributed by atoms with van der Waals surface area (Å²) in [4.78, 5) is 12.7. The summed E-state index contributed by atoms with van der Waals surface area (Å²) in [6.07, 6.45) is 0.0760. The van der Waals surface area contributed by atoms with Gasteiger partial charge < -0.3 is 10.1 Å². The maximum absolute atomic E-state index is 13.3. The van der Waals surface area contributed by atoms with Gasteiger partial charge in [0, 0.05) is 11.6 Å². The zero-order valence-electron chi connectivity index (χ0n) is 17.9. The second kappa shape index (κ2) is 10.5. The lowest BCUT2D eigenvalue weighted by atomic mass is 10.2. The number of carbonyl (C=O) groups is 1. The number of nitrogens with zero attached hydrogens (tertiary/aromatic N) is 1. The molecule has 8 heteroatoms. The minimum Gasteiger partial charge on any atom is -0.491 e. The predicted molar refractivity (Wildman–Crippen MR) is 126 cm³/mol. The molecule has 0 atom stereocenters. The summed E-state index contributed by atoms with van der Waals surface area (Å²) in [6.45, 7) is 3.81. The Balaban J connectivity index is 1.74. The molecule has 0 radical (unpaired) electrons. The van der Waals surface area contributed by atoms with Gasteiger partial charge in [-0.1, -0.05) is 41.9 Å². The van der Waals surface area contributed by atoms with E-state index in [2.05, 4.69) is 5.32 Å². The third-order valence-corrected chi connectivity index (χ3v) is 6.56. The zero-order chi connectivity index (χ0) is 23.1. The number of benzene rings is 3. The van der Waals surface area contributed by atoms with Crippen LogP contribution in [0.3, 0.4) is 0 Å². The Labute approximate surface area is 193 Å². The van der Waals surface area contributed by atoms with E-state index in [-0.39, 0.29) is 24.1 Å². The largest absolute Gasteiger partial charge is 0.491 e. The SMILES string of the molecule is CC(C)Oc1ccc(CNC(=O)CN(c2ccccc2)S(=O)(=O)c2ccc(Cl)cc2)cc1. The average Bonchev–Trinajstić information content (AvgIpc) is 2.77. The summed E-state index contributed by atoms with van der Waals surface area (Å²) in [7, 11) is -3.97. The number of anilines is 1. The molecule has 1 N–H and O–H groups in total. The topological polar surface area (TPSA) is 75.7 Å². The number of amides is 1. The van der Waals surface area contributed by atoms with Crippen LogP contribution in [0.1, 0.15) is 19.4 Å². The highest BCUT2D eigenvalue weighted by atomic mass is 35.5. The van der Waals surface area contributed by atoms with E-state index in [1.54, 1.807) is 30.3 Å². The highest BCUT2D eigenvalue weighted by Gasteiger charge is 2.27. The van der Waals surface area contributed by atoms with Crippen molar-refractivity contribution in [1.82, 2.24) is 5.32 Å². The van der Waals surface area contributed by atoms with Gasteiger partial charge in [-0.25, -0.2) is 8.42 Å². The molecule has 1 amide bonds. The number of halogens is 1. The van der Waals surface area contributed by atoms with Crippen molar-refractivity contribution in [1.29, 1.82) is 0 Å². The van der Waals surface area contributed by atoms with E-state index in [0.717, 1.165) is 15.6 Å². The molecule has 3 rings (SSSR count). The number of rotatable bonds is 9. The van der Waals surface area contributed by atoms with Gasteiger partial charge in [0.15, 0.2) is 0 Å². The Bertz CT molecular complexity index is 1130. The molecule has 0 aliphatic heterocycles. The number of carbonyl (C=O) groups excluding carboxylic acids is 1. The number of hydrogen-bond donors (Lipinski definition) is 1. The number of nitrogens with one attached hydrogen (secondary N) is 1. The van der Waals surface area contributed by atoms with Crippen LogP contribution in [-0.4, -0.2) is 27.0 Å². The zero-order valence-corrected chi connectivity index (χ0v) is 19.4. The van der Waals surface area contributed by atoms with Crippen molar-refractivity contribution in [2.45, 2.75) is 31.4 Å². The van der Waals surface area contributed by atoms with Crippen LogP contribution in [0.5, 0.6) is 5.75 Å². The van der Waals surface area contributed by atoms with E-state index < -0.39 is 15.9 Å². The van der Waals surface area contributed by atoms with Crippen LogP contribution in [0.4, 0.5) is 5.69 Å². The summed E-state index contributed by atoms with van der Waals surface area (Å²) in [6, 6.07) is 21.8. The first-order valence-corrected chi connectivity index (χ1v) is 11.9. The first-order chi connectivity index (χ1) is 15.3. The van der Waals surface area contributed by atoms with Crippen LogP contribution in [0, 0.1) is 0 Å². The molecular weight excluding hydrogens is 448 g/mol. The summed E-state index contributed by atoms with van der Waals surface area (Å²) in [5.74, 6) is 0.327. The average molecular weight is 473 g/mol. The normalized spacial score (nSPS) is 11.2. The fourth-order valence-corrected chi connectivity index (χ4v) is 4.54. The number of sulfonamides is 1. The second-order valence-corrected chi connectivity index (χ2v) is 9.69. The van der Waals surface area contributed by atoms with E-state index in [9.17, 15) is 13.2 Å². The second-order valence-electron chi connectivity index (χ2n) is 7.39. The summed E-state index contributed by atoms with van der Waals surface area (Å²) in [5, 5.41) is 3.21. The predicted octanol–water partition coefficient (Wildman–Crippen LogP) is 4.64. The summed E-state index contributed by atoms with van der Waals surface area (Å²) < 4.78 is 33.2. The molecule has 0 aliphatic carbocycles. The van der Waals surface area contributed by atoms with Crippen LogP contribution in [0.15, 0.2) is 83.8 Å². The highest BCUT2D eigenvalue weighted by Crippen LogP contribution is 2.24. The van der Waals surface area contributed by atoms with Crippen molar-refractivity contribution in [2.24, 2.45) is 0 Å². The molecule has 0 unspecified atom stereocenters. The molecular formula is C24H25ClN2O4S. The number of hydrogen-bond acceptors (Lipinski definition) is 4. The fourth-order valence-electron chi connectivity index (χ4n) is 2.99. The Morgan fingerprint density at radius 1 is 0.969 bits per heavy atom. The first-order valence-electron chi connectivity index (χ1n) is 10.1.